The van der Waals surface area contributed by atoms with Gasteiger partial charge in [0.25, 0.3) is 0 Å². The maximum Gasteiger partial charge on any atom is 0.231 e. The van der Waals surface area contributed by atoms with Crippen LogP contribution in [0.2, 0.25) is 5.02 Å². The van der Waals surface area contributed by atoms with Crippen molar-refractivity contribution in [2.24, 2.45) is 5.73 Å². The molecule has 1 amide bonds. The molecule has 0 fully saturated rings. The molecule has 0 aliphatic carbocycles. The highest BCUT2D eigenvalue weighted by Gasteiger charge is 2.30. The van der Waals surface area contributed by atoms with Crippen molar-refractivity contribution < 1.29 is 9.53 Å². The summed E-state index contributed by atoms with van der Waals surface area (Å²) < 4.78 is 5.03. The summed E-state index contributed by atoms with van der Waals surface area (Å²) in [6, 6.07) is 3.29. The largest absolute Gasteiger partial charge is 0.383 e. The number of ether oxygens (including phenoxy) is 1. The second-order valence-electron chi connectivity index (χ2n) is 4.23. The van der Waals surface area contributed by atoms with Crippen LogP contribution in [0.5, 0.6) is 0 Å². The van der Waals surface area contributed by atoms with E-state index in [0.29, 0.717) is 11.6 Å². The number of benzene rings is 1. The monoisotopic (exact) mass is 254 g/mol. The molecular formula is C12H15ClN2O2. The maximum atomic E-state index is 11.6. The van der Waals surface area contributed by atoms with Gasteiger partial charge in [0, 0.05) is 17.8 Å². The first-order chi connectivity index (χ1) is 8.04. The molecule has 0 spiro atoms. The summed E-state index contributed by atoms with van der Waals surface area (Å²) in [6.07, 6.45) is 0. The summed E-state index contributed by atoms with van der Waals surface area (Å²) >= 11 is 6.05. The number of halogens is 1. The van der Waals surface area contributed by atoms with Gasteiger partial charge in [-0.1, -0.05) is 11.6 Å². The van der Waals surface area contributed by atoms with Crippen LogP contribution >= 0.6 is 11.6 Å². The smallest absolute Gasteiger partial charge is 0.231 e. The zero-order chi connectivity index (χ0) is 12.6. The van der Waals surface area contributed by atoms with Crippen LogP contribution in [0.15, 0.2) is 12.1 Å². The third-order valence-corrected chi connectivity index (χ3v) is 3.24. The molecule has 1 aromatic carbocycles. The molecule has 0 saturated heterocycles. The Morgan fingerprint density at radius 2 is 2.29 bits per heavy atom. The Hall–Kier alpha value is -1.10. The van der Waals surface area contributed by atoms with Crippen molar-refractivity contribution in [2.75, 3.05) is 19.0 Å². The van der Waals surface area contributed by atoms with Gasteiger partial charge in [0.2, 0.25) is 5.91 Å². The van der Waals surface area contributed by atoms with Gasteiger partial charge in [-0.15, -0.1) is 0 Å². The number of methoxy groups -OCH3 is 1. The standard InChI is InChI=1S/C12H15ClN2O2/c1-6-8-3-7(13)4-9(10(14)5-17-2)11(8)15-12(6)16/h3-4,6,10H,5,14H2,1-2H3,(H,15,16). The lowest BCUT2D eigenvalue weighted by Gasteiger charge is -2.15. The van der Waals surface area contributed by atoms with Crippen LogP contribution in [0.3, 0.4) is 0 Å². The number of carbonyl (C=O) groups excluding carboxylic acids is 1. The summed E-state index contributed by atoms with van der Waals surface area (Å²) in [7, 11) is 1.59. The van der Waals surface area contributed by atoms with Gasteiger partial charge in [0.15, 0.2) is 0 Å². The Balaban J connectivity index is 2.48. The molecule has 5 heteroatoms. The van der Waals surface area contributed by atoms with Crippen LogP contribution in [-0.2, 0) is 9.53 Å². The maximum absolute atomic E-state index is 11.6. The van der Waals surface area contributed by atoms with Crippen molar-refractivity contribution in [1.29, 1.82) is 0 Å². The number of rotatable bonds is 3. The van der Waals surface area contributed by atoms with E-state index in [1.807, 2.05) is 13.0 Å². The lowest BCUT2D eigenvalue weighted by molar-refractivity contribution is -0.116. The van der Waals surface area contributed by atoms with Gasteiger partial charge in [-0.2, -0.15) is 0 Å². The number of hydrogen-bond acceptors (Lipinski definition) is 3. The average Bonchev–Trinajstić information content (AvgIpc) is 2.55. The molecule has 4 nitrogen and oxygen atoms in total. The van der Waals surface area contributed by atoms with Crippen LogP contribution in [0.4, 0.5) is 5.69 Å². The van der Waals surface area contributed by atoms with E-state index in [1.54, 1.807) is 13.2 Å². The second kappa shape index (κ2) is 4.64. The van der Waals surface area contributed by atoms with Gasteiger partial charge in [0.05, 0.1) is 18.6 Å². The fourth-order valence-corrected chi connectivity index (χ4v) is 2.31. The molecule has 2 atom stereocenters. The van der Waals surface area contributed by atoms with Gasteiger partial charge in [-0.3, -0.25) is 4.79 Å². The second-order valence-corrected chi connectivity index (χ2v) is 4.67. The molecule has 0 radical (unpaired) electrons. The number of hydrogen-bond donors (Lipinski definition) is 2. The van der Waals surface area contributed by atoms with E-state index >= 15 is 0 Å². The first kappa shape index (κ1) is 12.4. The summed E-state index contributed by atoms with van der Waals surface area (Å²) in [5, 5.41) is 3.44. The van der Waals surface area contributed by atoms with Crippen LogP contribution in [0, 0.1) is 0 Å². The Labute approximate surface area is 105 Å². The van der Waals surface area contributed by atoms with Gasteiger partial charge in [-0.05, 0) is 30.2 Å². The zero-order valence-electron chi connectivity index (χ0n) is 9.79. The lowest BCUT2D eigenvalue weighted by atomic mass is 9.97. The van der Waals surface area contributed by atoms with E-state index in [1.165, 1.54) is 0 Å². The Morgan fingerprint density at radius 1 is 1.59 bits per heavy atom. The molecule has 1 aliphatic rings. The highest BCUT2D eigenvalue weighted by atomic mass is 35.5. The summed E-state index contributed by atoms with van der Waals surface area (Å²) in [5.41, 5.74) is 8.52. The molecule has 0 saturated carbocycles. The minimum absolute atomic E-state index is 0.0202. The highest BCUT2D eigenvalue weighted by molar-refractivity contribution is 6.31. The number of carbonyl (C=O) groups is 1. The van der Waals surface area contributed by atoms with E-state index < -0.39 is 0 Å². The predicted molar refractivity (Wildman–Crippen MR) is 67.3 cm³/mol. The fourth-order valence-electron chi connectivity index (χ4n) is 2.07. The molecule has 17 heavy (non-hydrogen) atoms. The van der Waals surface area contributed by atoms with Gasteiger partial charge < -0.3 is 15.8 Å². The molecule has 0 bridgehead atoms. The molecular weight excluding hydrogens is 240 g/mol. The fraction of sp³-hybridized carbons (Fsp3) is 0.417. The van der Waals surface area contributed by atoms with Crippen molar-refractivity contribution >= 4 is 23.2 Å². The molecule has 1 aliphatic heterocycles. The quantitative estimate of drug-likeness (QED) is 0.868. The van der Waals surface area contributed by atoms with Crippen molar-refractivity contribution in [3.8, 4) is 0 Å². The third-order valence-electron chi connectivity index (χ3n) is 3.02. The van der Waals surface area contributed by atoms with E-state index in [0.717, 1.165) is 16.8 Å². The van der Waals surface area contributed by atoms with E-state index in [4.69, 9.17) is 22.1 Å². The first-order valence-corrected chi connectivity index (χ1v) is 5.81. The molecule has 0 aromatic heterocycles. The van der Waals surface area contributed by atoms with Crippen LogP contribution in [-0.4, -0.2) is 19.6 Å². The Morgan fingerprint density at radius 3 is 2.94 bits per heavy atom. The molecule has 2 unspecified atom stereocenters. The highest BCUT2D eigenvalue weighted by Crippen LogP contribution is 2.39. The molecule has 2 rings (SSSR count). The topological polar surface area (TPSA) is 64.3 Å². The first-order valence-electron chi connectivity index (χ1n) is 5.43. The zero-order valence-corrected chi connectivity index (χ0v) is 10.5. The van der Waals surface area contributed by atoms with Crippen molar-refractivity contribution in [3.63, 3.8) is 0 Å². The van der Waals surface area contributed by atoms with Crippen molar-refractivity contribution in [3.05, 3.63) is 28.3 Å². The van der Waals surface area contributed by atoms with Crippen LogP contribution in [0.1, 0.15) is 30.0 Å². The minimum Gasteiger partial charge on any atom is -0.383 e. The van der Waals surface area contributed by atoms with E-state index in [9.17, 15) is 4.79 Å². The number of fused-ring (bicyclic) bond motifs is 1. The SMILES string of the molecule is COCC(N)c1cc(Cl)cc2c1NC(=O)C2C. The van der Waals surface area contributed by atoms with E-state index in [-0.39, 0.29) is 17.9 Å². The number of amides is 1. The Kier molecular flexibility index (Phi) is 3.38. The normalized spacial score (nSPS) is 20.0. The summed E-state index contributed by atoms with van der Waals surface area (Å²) in [5.74, 6) is -0.203. The number of nitrogens with one attached hydrogen (secondary N) is 1. The lowest BCUT2D eigenvalue weighted by Crippen LogP contribution is -2.18. The van der Waals surface area contributed by atoms with Crippen molar-refractivity contribution in [2.45, 2.75) is 18.9 Å². The van der Waals surface area contributed by atoms with E-state index in [2.05, 4.69) is 5.32 Å². The van der Waals surface area contributed by atoms with Crippen LogP contribution in [0.25, 0.3) is 0 Å². The number of anilines is 1. The van der Waals surface area contributed by atoms with Crippen LogP contribution < -0.4 is 11.1 Å². The van der Waals surface area contributed by atoms with Crippen molar-refractivity contribution in [1.82, 2.24) is 0 Å². The molecule has 1 heterocycles. The Bertz CT molecular complexity index is 462. The summed E-state index contributed by atoms with van der Waals surface area (Å²) in [6.45, 7) is 2.24. The van der Waals surface area contributed by atoms with Gasteiger partial charge in [-0.25, -0.2) is 0 Å². The third kappa shape index (κ3) is 2.16. The average molecular weight is 255 g/mol. The molecule has 3 N–H and O–H groups in total. The predicted octanol–water partition coefficient (Wildman–Crippen LogP) is 2.04. The van der Waals surface area contributed by atoms with Gasteiger partial charge >= 0.3 is 0 Å². The van der Waals surface area contributed by atoms with Gasteiger partial charge in [0.1, 0.15) is 0 Å². The minimum atomic E-state index is -0.293. The molecule has 92 valence electrons. The summed E-state index contributed by atoms with van der Waals surface area (Å²) in [4.78, 5) is 11.6. The number of nitrogens with two attached hydrogens (primary N) is 1. The molecule has 1 aromatic rings.